The van der Waals surface area contributed by atoms with Gasteiger partial charge in [-0.15, -0.1) is 0 Å². The first kappa shape index (κ1) is 28.1. The van der Waals surface area contributed by atoms with E-state index in [9.17, 15) is 22.6 Å². The quantitative estimate of drug-likeness (QED) is 0.400. The smallest absolute Gasteiger partial charge is 0.266 e. The lowest BCUT2D eigenvalue weighted by atomic mass is 9.44. The van der Waals surface area contributed by atoms with Crippen molar-refractivity contribution in [3.8, 4) is 0 Å². The third-order valence-corrected chi connectivity index (χ3v) is 12.4. The molecule has 6 nitrogen and oxygen atoms in total. The van der Waals surface area contributed by atoms with Gasteiger partial charge in [0.2, 0.25) is 5.91 Å². The highest BCUT2D eigenvalue weighted by Crippen LogP contribution is 2.68. The molecule has 36 heavy (non-hydrogen) atoms. The van der Waals surface area contributed by atoms with Gasteiger partial charge < -0.3 is 5.32 Å². The van der Waals surface area contributed by atoms with Gasteiger partial charge in [0.25, 0.3) is 10.1 Å². The summed E-state index contributed by atoms with van der Waals surface area (Å²) in [6.45, 7) is 11.0. The molecule has 206 valence electrons. The van der Waals surface area contributed by atoms with E-state index < -0.39 is 21.9 Å². The summed E-state index contributed by atoms with van der Waals surface area (Å²) in [5.74, 6) is 3.81. The van der Waals surface area contributed by atoms with Crippen LogP contribution in [-0.2, 0) is 19.7 Å². The van der Waals surface area contributed by atoms with Crippen LogP contribution in [0, 0.1) is 52.3 Å². The minimum Gasteiger partial charge on any atom is -0.352 e. The predicted molar refractivity (Wildman–Crippen MR) is 142 cm³/mol. The highest BCUT2D eigenvalue weighted by molar-refractivity contribution is 7.85. The molecule has 0 radical (unpaired) electrons. The van der Waals surface area contributed by atoms with E-state index in [1.165, 1.54) is 38.5 Å². The van der Waals surface area contributed by atoms with E-state index in [1.54, 1.807) is 0 Å². The van der Waals surface area contributed by atoms with Crippen LogP contribution in [0.15, 0.2) is 0 Å². The zero-order chi connectivity index (χ0) is 26.5. The largest absolute Gasteiger partial charge is 0.352 e. The van der Waals surface area contributed by atoms with Gasteiger partial charge in [-0.05, 0) is 104 Å². The molecule has 4 saturated carbocycles. The predicted octanol–water partition coefficient (Wildman–Crippen LogP) is 5.66. The van der Waals surface area contributed by atoms with Crippen molar-refractivity contribution in [1.82, 2.24) is 5.32 Å². The Balaban J connectivity index is 1.36. The number of hydrogen-bond acceptors (Lipinski definition) is 4. The van der Waals surface area contributed by atoms with Gasteiger partial charge in [0.05, 0.1) is 5.75 Å². The maximum atomic E-state index is 12.7. The zero-order valence-corrected chi connectivity index (χ0v) is 23.9. The van der Waals surface area contributed by atoms with E-state index in [0.717, 1.165) is 43.4 Å². The summed E-state index contributed by atoms with van der Waals surface area (Å²) in [5, 5.41) is 2.85. The van der Waals surface area contributed by atoms with E-state index in [1.807, 2.05) is 13.8 Å². The molecule has 0 heterocycles. The number of fused-ring (bicyclic) bond motifs is 5. The molecular weight excluding hydrogens is 474 g/mol. The van der Waals surface area contributed by atoms with Gasteiger partial charge in [-0.3, -0.25) is 14.1 Å². The van der Waals surface area contributed by atoms with Crippen molar-refractivity contribution in [3.63, 3.8) is 0 Å². The zero-order valence-electron chi connectivity index (χ0n) is 23.1. The van der Waals surface area contributed by atoms with Gasteiger partial charge in [0.1, 0.15) is 5.78 Å². The molecule has 0 unspecified atom stereocenters. The van der Waals surface area contributed by atoms with Crippen LogP contribution in [0.2, 0.25) is 0 Å². The molecule has 0 aromatic rings. The molecule has 0 aromatic carbocycles. The number of amides is 1. The Labute approximate surface area is 218 Å². The van der Waals surface area contributed by atoms with Crippen molar-refractivity contribution in [2.45, 2.75) is 111 Å². The number of Topliss-reactive ketones (excluding diaryl/α,β-unsaturated/α-hetero) is 1. The molecule has 4 fully saturated rings. The Morgan fingerprint density at radius 2 is 1.72 bits per heavy atom. The number of rotatable bonds is 8. The van der Waals surface area contributed by atoms with Gasteiger partial charge in [-0.2, -0.15) is 8.42 Å². The Morgan fingerprint density at radius 3 is 2.39 bits per heavy atom. The number of carbonyl (C=O) groups is 2. The van der Waals surface area contributed by atoms with Crippen LogP contribution in [0.4, 0.5) is 0 Å². The SMILES string of the molecule is CC(C)[C@H](CS(=O)(=O)O)NC(=O)CC[C@@H](C)[C@H]1CC[C@H]2[C@@H]3CC[C@@H]4CC(=O)CC[C@]4(C)[C@H]3CC[C@]12C. The summed E-state index contributed by atoms with van der Waals surface area (Å²) in [6, 6.07) is -0.571. The summed E-state index contributed by atoms with van der Waals surface area (Å²) < 4.78 is 31.9. The fraction of sp³-hybridized carbons (Fsp3) is 0.931. The first-order valence-electron chi connectivity index (χ1n) is 14.5. The summed E-state index contributed by atoms with van der Waals surface area (Å²) in [5.41, 5.74) is 0.672. The summed E-state index contributed by atoms with van der Waals surface area (Å²) in [6.07, 6.45) is 11.5. The summed E-state index contributed by atoms with van der Waals surface area (Å²) >= 11 is 0. The van der Waals surface area contributed by atoms with E-state index in [2.05, 4.69) is 26.1 Å². The van der Waals surface area contributed by atoms with Crippen LogP contribution in [0.25, 0.3) is 0 Å². The molecule has 4 aliphatic rings. The van der Waals surface area contributed by atoms with Crippen LogP contribution in [0.1, 0.15) is 105 Å². The Kier molecular flexibility index (Phi) is 8.04. The molecular formula is C29H49NO5S. The van der Waals surface area contributed by atoms with Gasteiger partial charge >= 0.3 is 0 Å². The molecule has 0 bridgehead atoms. The number of nitrogens with one attached hydrogen (secondary N) is 1. The molecule has 9 atom stereocenters. The second-order valence-electron chi connectivity index (χ2n) is 13.8. The molecule has 0 saturated heterocycles. The number of hydrogen-bond donors (Lipinski definition) is 2. The van der Waals surface area contributed by atoms with E-state index in [0.29, 0.717) is 40.8 Å². The van der Waals surface area contributed by atoms with Crippen LogP contribution >= 0.6 is 0 Å². The molecule has 0 spiro atoms. The Morgan fingerprint density at radius 1 is 1.03 bits per heavy atom. The first-order valence-corrected chi connectivity index (χ1v) is 16.1. The van der Waals surface area contributed by atoms with Crippen LogP contribution in [0.5, 0.6) is 0 Å². The van der Waals surface area contributed by atoms with Gasteiger partial charge in [-0.1, -0.05) is 34.6 Å². The van der Waals surface area contributed by atoms with Crippen molar-refractivity contribution in [2.75, 3.05) is 5.75 Å². The van der Waals surface area contributed by atoms with Gasteiger partial charge in [0, 0.05) is 25.3 Å². The van der Waals surface area contributed by atoms with Gasteiger partial charge in [0.15, 0.2) is 0 Å². The monoisotopic (exact) mass is 523 g/mol. The third kappa shape index (κ3) is 5.43. The minimum absolute atomic E-state index is 0.0720. The van der Waals surface area contributed by atoms with Crippen LogP contribution < -0.4 is 5.32 Å². The highest BCUT2D eigenvalue weighted by Gasteiger charge is 2.60. The standard InChI is InChI=1S/C29H49NO5S/c1-18(2)26(17-36(33,34)35)30-27(32)11-6-19(3)23-9-10-24-22-8-7-20-16-21(31)12-14-28(20,4)25(22)13-15-29(23,24)5/h18-20,22-26H,6-17H2,1-5H3,(H,30,32)(H,33,34,35)/t19-,20-,22+,23-,24+,25+,26+,28+,29-/m1/s1. The lowest BCUT2D eigenvalue weighted by Gasteiger charge is -2.60. The van der Waals surface area contributed by atoms with Crippen molar-refractivity contribution in [2.24, 2.45) is 52.3 Å². The summed E-state index contributed by atoms with van der Waals surface area (Å²) in [4.78, 5) is 24.9. The molecule has 0 aliphatic heterocycles. The molecule has 4 aliphatic carbocycles. The Bertz CT molecular complexity index is 947. The highest BCUT2D eigenvalue weighted by atomic mass is 32.2. The van der Waals surface area contributed by atoms with Crippen molar-refractivity contribution in [3.05, 3.63) is 0 Å². The molecule has 7 heteroatoms. The van der Waals surface area contributed by atoms with Crippen molar-refractivity contribution in [1.29, 1.82) is 0 Å². The molecule has 4 rings (SSSR count). The fourth-order valence-electron chi connectivity index (χ4n) is 9.49. The second-order valence-corrected chi connectivity index (χ2v) is 15.3. The molecule has 2 N–H and O–H groups in total. The van der Waals surface area contributed by atoms with Crippen LogP contribution in [0.3, 0.4) is 0 Å². The first-order chi connectivity index (χ1) is 16.7. The minimum atomic E-state index is -4.14. The average Bonchev–Trinajstić information content (AvgIpc) is 3.14. The lowest BCUT2D eigenvalue weighted by Crippen LogP contribution is -2.53. The van der Waals surface area contributed by atoms with Crippen molar-refractivity contribution < 1.29 is 22.6 Å². The normalized spacial score (nSPS) is 40.2. The summed E-state index contributed by atoms with van der Waals surface area (Å²) in [7, 11) is -4.14. The number of carbonyl (C=O) groups excluding carboxylic acids is 2. The number of ketones is 1. The van der Waals surface area contributed by atoms with Crippen LogP contribution in [-0.4, -0.2) is 36.5 Å². The lowest BCUT2D eigenvalue weighted by molar-refractivity contribution is -0.140. The third-order valence-electron chi connectivity index (χ3n) is 11.6. The van der Waals surface area contributed by atoms with E-state index >= 15 is 0 Å². The average molecular weight is 524 g/mol. The second kappa shape index (κ2) is 10.3. The van der Waals surface area contributed by atoms with Crippen molar-refractivity contribution >= 4 is 21.8 Å². The van der Waals surface area contributed by atoms with Gasteiger partial charge in [-0.25, -0.2) is 0 Å². The molecule has 0 aromatic heterocycles. The fourth-order valence-corrected chi connectivity index (χ4v) is 10.4. The Hall–Kier alpha value is -0.950. The van der Waals surface area contributed by atoms with E-state index in [4.69, 9.17) is 0 Å². The molecule has 1 amide bonds. The maximum Gasteiger partial charge on any atom is 0.266 e. The van der Waals surface area contributed by atoms with E-state index in [-0.39, 0.29) is 11.8 Å². The topological polar surface area (TPSA) is 101 Å². The maximum absolute atomic E-state index is 12.7.